The predicted octanol–water partition coefficient (Wildman–Crippen LogP) is 4.59. The molecule has 0 aliphatic carbocycles. The number of benzene rings is 2. The van der Waals surface area contributed by atoms with Crippen LogP contribution in [0.15, 0.2) is 41.3 Å². The zero-order valence-electron chi connectivity index (χ0n) is 9.70. The van der Waals surface area contributed by atoms with Crippen LogP contribution >= 0.6 is 34.8 Å². The van der Waals surface area contributed by atoms with Crippen molar-refractivity contribution in [1.82, 2.24) is 0 Å². The van der Waals surface area contributed by atoms with E-state index in [9.17, 15) is 12.8 Å². The number of halogens is 4. The average Bonchev–Trinajstić information content (AvgIpc) is 2.36. The zero-order valence-corrected chi connectivity index (χ0v) is 12.8. The van der Waals surface area contributed by atoms with E-state index in [2.05, 4.69) is 4.72 Å². The van der Waals surface area contributed by atoms with Gasteiger partial charge in [-0.05, 0) is 30.3 Å². The molecule has 2 aromatic rings. The standard InChI is InChI=1S/C12H7Cl3FNO2S/c13-8-2-1-3-11(12(8)15)20(18,19)17-10-5-4-7(16)6-9(10)14/h1-6,17H. The maximum Gasteiger partial charge on any atom is 0.263 e. The van der Waals surface area contributed by atoms with Crippen LogP contribution in [0.25, 0.3) is 0 Å². The summed E-state index contributed by atoms with van der Waals surface area (Å²) in [6.45, 7) is 0. The van der Waals surface area contributed by atoms with Crippen molar-refractivity contribution in [2.75, 3.05) is 4.72 Å². The lowest BCUT2D eigenvalue weighted by atomic mass is 10.3. The lowest BCUT2D eigenvalue weighted by Crippen LogP contribution is -2.14. The summed E-state index contributed by atoms with van der Waals surface area (Å²) in [5.74, 6) is -0.571. The molecule has 2 rings (SSSR count). The van der Waals surface area contributed by atoms with Gasteiger partial charge in [-0.3, -0.25) is 4.72 Å². The van der Waals surface area contributed by atoms with Crippen LogP contribution in [-0.2, 0) is 10.0 Å². The molecule has 0 heterocycles. The van der Waals surface area contributed by atoms with Gasteiger partial charge in [0.05, 0.1) is 20.8 Å². The summed E-state index contributed by atoms with van der Waals surface area (Å²) in [6, 6.07) is 7.52. The van der Waals surface area contributed by atoms with Gasteiger partial charge >= 0.3 is 0 Å². The monoisotopic (exact) mass is 353 g/mol. The van der Waals surface area contributed by atoms with E-state index < -0.39 is 15.8 Å². The maximum absolute atomic E-state index is 12.9. The Bertz CT molecular complexity index is 765. The second kappa shape index (κ2) is 5.77. The van der Waals surface area contributed by atoms with Crippen LogP contribution in [0.5, 0.6) is 0 Å². The van der Waals surface area contributed by atoms with Crippen molar-refractivity contribution in [3.05, 3.63) is 57.3 Å². The Hall–Kier alpha value is -1.01. The average molecular weight is 355 g/mol. The Labute approximate surface area is 130 Å². The van der Waals surface area contributed by atoms with Gasteiger partial charge in [0.15, 0.2) is 0 Å². The van der Waals surface area contributed by atoms with Gasteiger partial charge in [-0.1, -0.05) is 40.9 Å². The number of hydrogen-bond acceptors (Lipinski definition) is 2. The summed E-state index contributed by atoms with van der Waals surface area (Å²) in [6.07, 6.45) is 0. The molecule has 0 spiro atoms. The number of rotatable bonds is 3. The van der Waals surface area contributed by atoms with Crippen LogP contribution in [0.4, 0.5) is 10.1 Å². The summed E-state index contributed by atoms with van der Waals surface area (Å²) in [5.41, 5.74) is 0.0455. The second-order valence-corrected chi connectivity index (χ2v) is 6.62. The lowest BCUT2D eigenvalue weighted by Gasteiger charge is -2.11. The maximum atomic E-state index is 12.9. The second-order valence-electron chi connectivity index (χ2n) is 3.78. The number of hydrogen-bond donors (Lipinski definition) is 1. The number of sulfonamides is 1. The van der Waals surface area contributed by atoms with E-state index in [0.717, 1.165) is 12.1 Å². The highest BCUT2D eigenvalue weighted by molar-refractivity contribution is 7.92. The first kappa shape index (κ1) is 15.4. The lowest BCUT2D eigenvalue weighted by molar-refractivity contribution is 0.601. The highest BCUT2D eigenvalue weighted by Crippen LogP contribution is 2.31. The molecule has 0 radical (unpaired) electrons. The van der Waals surface area contributed by atoms with Gasteiger partial charge in [-0.25, -0.2) is 12.8 Å². The molecule has 20 heavy (non-hydrogen) atoms. The molecule has 1 N–H and O–H groups in total. The van der Waals surface area contributed by atoms with Crippen LogP contribution in [-0.4, -0.2) is 8.42 Å². The zero-order chi connectivity index (χ0) is 14.9. The van der Waals surface area contributed by atoms with Crippen LogP contribution in [0.2, 0.25) is 15.1 Å². The smallest absolute Gasteiger partial charge is 0.263 e. The van der Waals surface area contributed by atoms with E-state index in [1.165, 1.54) is 24.3 Å². The SMILES string of the molecule is O=S(=O)(Nc1ccc(F)cc1Cl)c1cccc(Cl)c1Cl. The van der Waals surface area contributed by atoms with E-state index in [1.807, 2.05) is 0 Å². The van der Waals surface area contributed by atoms with E-state index in [-0.39, 0.29) is 25.7 Å². The molecule has 0 aromatic heterocycles. The van der Waals surface area contributed by atoms with Crippen LogP contribution in [0.1, 0.15) is 0 Å². The largest absolute Gasteiger partial charge is 0.278 e. The highest BCUT2D eigenvalue weighted by atomic mass is 35.5. The van der Waals surface area contributed by atoms with E-state index >= 15 is 0 Å². The molecular formula is C12H7Cl3FNO2S. The summed E-state index contributed by atoms with van der Waals surface area (Å²) in [5, 5.41) is -0.0497. The molecule has 0 saturated heterocycles. The van der Waals surface area contributed by atoms with E-state index in [4.69, 9.17) is 34.8 Å². The molecule has 0 aliphatic rings. The molecule has 2 aromatic carbocycles. The van der Waals surface area contributed by atoms with E-state index in [1.54, 1.807) is 0 Å². The first-order chi connectivity index (χ1) is 9.31. The first-order valence-corrected chi connectivity index (χ1v) is 7.85. The molecule has 0 aliphatic heterocycles. The first-order valence-electron chi connectivity index (χ1n) is 5.23. The third kappa shape index (κ3) is 3.17. The fraction of sp³-hybridized carbons (Fsp3) is 0. The van der Waals surface area contributed by atoms with E-state index in [0.29, 0.717) is 0 Å². The minimum absolute atomic E-state index is 0.0455. The molecule has 106 valence electrons. The quantitative estimate of drug-likeness (QED) is 0.876. The van der Waals surface area contributed by atoms with Gasteiger partial charge in [0.2, 0.25) is 0 Å². The molecule has 0 saturated carbocycles. The Morgan fingerprint density at radius 2 is 1.70 bits per heavy atom. The van der Waals surface area contributed by atoms with Gasteiger partial charge in [-0.15, -0.1) is 0 Å². The van der Waals surface area contributed by atoms with Gasteiger partial charge in [0.1, 0.15) is 10.7 Å². The van der Waals surface area contributed by atoms with Crippen molar-refractivity contribution < 1.29 is 12.8 Å². The third-order valence-electron chi connectivity index (χ3n) is 2.38. The Morgan fingerprint density at radius 3 is 2.35 bits per heavy atom. The predicted molar refractivity (Wildman–Crippen MR) is 78.7 cm³/mol. The van der Waals surface area contributed by atoms with Gasteiger partial charge in [-0.2, -0.15) is 0 Å². The number of anilines is 1. The molecule has 3 nitrogen and oxygen atoms in total. The third-order valence-corrected chi connectivity index (χ3v) is 5.03. The topological polar surface area (TPSA) is 46.2 Å². The number of nitrogens with one attached hydrogen (secondary N) is 1. The molecule has 0 atom stereocenters. The van der Waals surface area contributed by atoms with Crippen LogP contribution in [0, 0.1) is 5.82 Å². The fourth-order valence-corrected chi connectivity index (χ4v) is 3.58. The minimum atomic E-state index is -3.98. The Balaban J connectivity index is 2.44. The molecule has 0 bridgehead atoms. The highest BCUT2D eigenvalue weighted by Gasteiger charge is 2.20. The molecule has 8 heteroatoms. The molecule has 0 amide bonds. The minimum Gasteiger partial charge on any atom is -0.278 e. The van der Waals surface area contributed by atoms with Crippen molar-refractivity contribution in [3.63, 3.8) is 0 Å². The Morgan fingerprint density at radius 1 is 1.00 bits per heavy atom. The summed E-state index contributed by atoms with van der Waals surface area (Å²) >= 11 is 17.4. The molecule has 0 unspecified atom stereocenters. The summed E-state index contributed by atoms with van der Waals surface area (Å²) in [7, 11) is -3.98. The van der Waals surface area contributed by atoms with Gasteiger partial charge < -0.3 is 0 Å². The fourth-order valence-electron chi connectivity index (χ4n) is 1.46. The van der Waals surface area contributed by atoms with Gasteiger partial charge in [0, 0.05) is 0 Å². The normalized spacial score (nSPS) is 11.4. The van der Waals surface area contributed by atoms with Crippen molar-refractivity contribution in [3.8, 4) is 0 Å². The van der Waals surface area contributed by atoms with Gasteiger partial charge in [0.25, 0.3) is 10.0 Å². The van der Waals surface area contributed by atoms with Crippen LogP contribution < -0.4 is 4.72 Å². The van der Waals surface area contributed by atoms with Crippen LogP contribution in [0.3, 0.4) is 0 Å². The Kier molecular flexibility index (Phi) is 4.44. The molecule has 0 fully saturated rings. The molecular weight excluding hydrogens is 348 g/mol. The van der Waals surface area contributed by atoms with Crippen molar-refractivity contribution in [2.45, 2.75) is 4.90 Å². The summed E-state index contributed by atoms with van der Waals surface area (Å²) < 4.78 is 39.6. The summed E-state index contributed by atoms with van der Waals surface area (Å²) in [4.78, 5) is -0.188. The van der Waals surface area contributed by atoms with Crippen molar-refractivity contribution >= 4 is 50.5 Å². The van der Waals surface area contributed by atoms with Crippen molar-refractivity contribution in [2.24, 2.45) is 0 Å². The van der Waals surface area contributed by atoms with Crippen molar-refractivity contribution in [1.29, 1.82) is 0 Å².